The van der Waals surface area contributed by atoms with Crippen molar-refractivity contribution in [3.8, 4) is 0 Å². The van der Waals surface area contributed by atoms with Gasteiger partial charge in [0, 0.05) is 26.3 Å². The summed E-state index contributed by atoms with van der Waals surface area (Å²) in [6.07, 6.45) is 0.625. The lowest BCUT2D eigenvalue weighted by Gasteiger charge is -2.12. The van der Waals surface area contributed by atoms with Crippen molar-refractivity contribution < 1.29 is 14.5 Å². The van der Waals surface area contributed by atoms with E-state index in [0.717, 1.165) is 11.8 Å². The second-order valence-corrected chi connectivity index (χ2v) is 6.64. The molecule has 140 valence electrons. The van der Waals surface area contributed by atoms with Crippen LogP contribution in [0.15, 0.2) is 34.2 Å². The molecule has 2 aromatic rings. The summed E-state index contributed by atoms with van der Waals surface area (Å²) in [4.78, 5) is 34.6. The van der Waals surface area contributed by atoms with Crippen molar-refractivity contribution in [1.29, 1.82) is 0 Å². The number of carbonyl (C=O) groups excluding carboxylic acids is 1. The number of benzene rings is 1. The van der Waals surface area contributed by atoms with Gasteiger partial charge in [-0.3, -0.25) is 19.5 Å². The number of rotatable bonds is 9. The summed E-state index contributed by atoms with van der Waals surface area (Å²) in [6.45, 7) is 2.53. The molecular formula is C15H19N5O5S. The lowest BCUT2D eigenvalue weighted by atomic mass is 10.2. The summed E-state index contributed by atoms with van der Waals surface area (Å²) in [6, 6.07) is 5.90. The Balaban J connectivity index is 2.06. The van der Waals surface area contributed by atoms with Crippen LogP contribution in [-0.4, -0.2) is 44.6 Å². The second kappa shape index (κ2) is 9.15. The summed E-state index contributed by atoms with van der Waals surface area (Å²) < 4.78 is 6.39. The van der Waals surface area contributed by atoms with Crippen LogP contribution in [0.3, 0.4) is 0 Å². The number of nitro benzene ring substituents is 1. The highest BCUT2D eigenvalue weighted by molar-refractivity contribution is 8.00. The van der Waals surface area contributed by atoms with Gasteiger partial charge < -0.3 is 10.1 Å². The molecule has 1 atom stereocenters. The third-order valence-corrected chi connectivity index (χ3v) is 4.55. The minimum atomic E-state index is -0.619. The summed E-state index contributed by atoms with van der Waals surface area (Å²) in [7, 11) is 1.57. The molecule has 2 rings (SSSR count). The molecular weight excluding hydrogens is 362 g/mol. The first-order chi connectivity index (χ1) is 12.4. The number of nitrogens with one attached hydrogen (secondary N) is 2. The van der Waals surface area contributed by atoms with E-state index in [-0.39, 0.29) is 17.1 Å². The highest BCUT2D eigenvalue weighted by Crippen LogP contribution is 2.26. The molecule has 0 radical (unpaired) electrons. The number of thioether (sulfide) groups is 1. The Morgan fingerprint density at radius 2 is 2.23 bits per heavy atom. The van der Waals surface area contributed by atoms with Gasteiger partial charge in [-0.25, -0.2) is 9.89 Å². The molecule has 0 saturated carbocycles. The molecule has 0 aliphatic carbocycles. The van der Waals surface area contributed by atoms with E-state index in [9.17, 15) is 19.7 Å². The molecule has 0 spiro atoms. The zero-order valence-corrected chi connectivity index (χ0v) is 15.1. The van der Waals surface area contributed by atoms with Crippen molar-refractivity contribution in [2.24, 2.45) is 0 Å². The molecule has 1 amide bonds. The van der Waals surface area contributed by atoms with Gasteiger partial charge in [0.1, 0.15) is 5.69 Å². The number of aromatic nitrogens is 3. The van der Waals surface area contributed by atoms with Crippen LogP contribution in [0.25, 0.3) is 0 Å². The first-order valence-corrected chi connectivity index (χ1v) is 8.67. The van der Waals surface area contributed by atoms with Crippen molar-refractivity contribution in [2.75, 3.05) is 19.0 Å². The molecule has 1 aromatic heterocycles. The van der Waals surface area contributed by atoms with Gasteiger partial charge in [-0.2, -0.15) is 0 Å². The van der Waals surface area contributed by atoms with E-state index < -0.39 is 16.1 Å². The van der Waals surface area contributed by atoms with Crippen LogP contribution < -0.4 is 11.0 Å². The third kappa shape index (κ3) is 4.92. The molecule has 0 aliphatic rings. The van der Waals surface area contributed by atoms with Gasteiger partial charge in [-0.1, -0.05) is 23.9 Å². The first kappa shape index (κ1) is 19.7. The number of hydrogen-bond acceptors (Lipinski definition) is 7. The summed E-state index contributed by atoms with van der Waals surface area (Å²) in [5.41, 5.74) is -0.432. The number of methoxy groups -OCH3 is 1. The molecule has 0 fully saturated rings. The number of aromatic amines is 1. The monoisotopic (exact) mass is 381 g/mol. The van der Waals surface area contributed by atoms with Crippen LogP contribution in [0.2, 0.25) is 0 Å². The Hall–Kier alpha value is -2.66. The fourth-order valence-corrected chi connectivity index (χ4v) is 3.02. The highest BCUT2D eigenvalue weighted by atomic mass is 32.2. The molecule has 0 aliphatic heterocycles. The third-order valence-electron chi connectivity index (χ3n) is 3.46. The Labute approximate surface area is 153 Å². The maximum atomic E-state index is 12.4. The van der Waals surface area contributed by atoms with Crippen molar-refractivity contribution in [3.05, 3.63) is 44.9 Å². The quantitative estimate of drug-likeness (QED) is 0.292. The molecule has 0 bridgehead atoms. The molecule has 2 N–H and O–H groups in total. The van der Waals surface area contributed by atoms with Crippen LogP contribution in [-0.2, 0) is 16.1 Å². The van der Waals surface area contributed by atoms with Gasteiger partial charge in [0.2, 0.25) is 5.91 Å². The van der Waals surface area contributed by atoms with Gasteiger partial charge >= 0.3 is 5.69 Å². The van der Waals surface area contributed by atoms with Crippen LogP contribution in [0.5, 0.6) is 0 Å². The van der Waals surface area contributed by atoms with Gasteiger partial charge in [0.25, 0.3) is 5.69 Å². The number of para-hydroxylation sites is 2. The fourth-order valence-electron chi connectivity index (χ4n) is 2.14. The van der Waals surface area contributed by atoms with E-state index in [0.29, 0.717) is 24.7 Å². The zero-order chi connectivity index (χ0) is 19.1. The summed E-state index contributed by atoms with van der Waals surface area (Å²) in [5.74, 6) is -0.428. The molecule has 26 heavy (non-hydrogen) atoms. The molecule has 0 saturated heterocycles. The molecule has 10 nitrogen and oxygen atoms in total. The number of H-pyrrole nitrogens is 1. The van der Waals surface area contributed by atoms with E-state index in [2.05, 4.69) is 15.5 Å². The lowest BCUT2D eigenvalue weighted by Crippen LogP contribution is -2.24. The highest BCUT2D eigenvalue weighted by Gasteiger charge is 2.22. The average molecular weight is 381 g/mol. The van der Waals surface area contributed by atoms with Crippen LogP contribution in [0, 0.1) is 10.1 Å². The predicted molar refractivity (Wildman–Crippen MR) is 96.4 cm³/mol. The van der Waals surface area contributed by atoms with Crippen LogP contribution >= 0.6 is 11.8 Å². The maximum absolute atomic E-state index is 12.4. The number of carbonyl (C=O) groups is 1. The normalized spacial score (nSPS) is 11.9. The SMILES string of the molecule is COCCCn1c(SC(C)C(=O)Nc2ccccc2[N+](=O)[O-])n[nH]c1=O. The maximum Gasteiger partial charge on any atom is 0.343 e. The van der Waals surface area contributed by atoms with Crippen molar-refractivity contribution in [3.63, 3.8) is 0 Å². The Morgan fingerprint density at radius 1 is 1.50 bits per heavy atom. The number of hydrogen-bond donors (Lipinski definition) is 2. The van der Waals surface area contributed by atoms with Gasteiger partial charge in [0.15, 0.2) is 5.16 Å². The number of nitrogens with zero attached hydrogens (tertiary/aromatic N) is 3. The second-order valence-electron chi connectivity index (χ2n) is 5.33. The largest absolute Gasteiger partial charge is 0.385 e. The minimum Gasteiger partial charge on any atom is -0.385 e. The van der Waals surface area contributed by atoms with Crippen molar-refractivity contribution in [1.82, 2.24) is 14.8 Å². The van der Waals surface area contributed by atoms with Crippen LogP contribution in [0.4, 0.5) is 11.4 Å². The Bertz CT molecular complexity index is 834. The Kier molecular flexibility index (Phi) is 6.92. The van der Waals surface area contributed by atoms with Gasteiger partial charge in [-0.15, -0.1) is 5.10 Å². The van der Waals surface area contributed by atoms with Crippen molar-refractivity contribution in [2.45, 2.75) is 30.3 Å². The summed E-state index contributed by atoms with van der Waals surface area (Å²) >= 11 is 1.09. The number of nitro groups is 1. The van der Waals surface area contributed by atoms with Gasteiger partial charge in [-0.05, 0) is 19.4 Å². The van der Waals surface area contributed by atoms with Crippen LogP contribution in [0.1, 0.15) is 13.3 Å². The summed E-state index contributed by atoms with van der Waals surface area (Å²) in [5, 5.41) is 19.6. The standard InChI is InChI=1S/C15H19N5O5S/c1-10(13(21)16-11-6-3-4-7-12(11)20(23)24)26-15-18-17-14(22)19(15)8-5-9-25-2/h3-4,6-7,10H,5,8-9H2,1-2H3,(H,16,21)(H,17,22). The predicted octanol–water partition coefficient (Wildman–Crippen LogP) is 1.64. The fraction of sp³-hybridized carbons (Fsp3) is 0.400. The number of anilines is 1. The minimum absolute atomic E-state index is 0.120. The van der Waals surface area contributed by atoms with E-state index in [1.165, 1.54) is 22.8 Å². The Morgan fingerprint density at radius 3 is 2.92 bits per heavy atom. The van der Waals surface area contributed by atoms with E-state index >= 15 is 0 Å². The first-order valence-electron chi connectivity index (χ1n) is 7.79. The molecule has 1 aromatic carbocycles. The smallest absolute Gasteiger partial charge is 0.343 e. The topological polar surface area (TPSA) is 132 Å². The number of ether oxygens (including phenoxy) is 1. The molecule has 1 heterocycles. The average Bonchev–Trinajstić information content (AvgIpc) is 2.95. The lowest BCUT2D eigenvalue weighted by molar-refractivity contribution is -0.383. The molecule has 1 unspecified atom stereocenters. The van der Waals surface area contributed by atoms with E-state index in [4.69, 9.17) is 4.74 Å². The van der Waals surface area contributed by atoms with E-state index in [1.54, 1.807) is 20.1 Å². The van der Waals surface area contributed by atoms with E-state index in [1.807, 2.05) is 0 Å². The zero-order valence-electron chi connectivity index (χ0n) is 14.3. The number of amides is 1. The molecule has 11 heteroatoms. The van der Waals surface area contributed by atoms with Crippen molar-refractivity contribution >= 4 is 29.0 Å². The van der Waals surface area contributed by atoms with Gasteiger partial charge in [0.05, 0.1) is 10.2 Å².